The summed E-state index contributed by atoms with van der Waals surface area (Å²) in [6.07, 6.45) is 0.877. The van der Waals surface area contributed by atoms with Crippen molar-refractivity contribution in [1.82, 2.24) is 15.6 Å². The summed E-state index contributed by atoms with van der Waals surface area (Å²) in [4.78, 5) is 27.4. The van der Waals surface area contributed by atoms with Crippen LogP contribution in [-0.4, -0.2) is 29.9 Å². The van der Waals surface area contributed by atoms with Crippen molar-refractivity contribution in [3.8, 4) is 0 Å². The predicted octanol–water partition coefficient (Wildman–Crippen LogP) is 1.55. The van der Waals surface area contributed by atoms with Gasteiger partial charge in [0, 0.05) is 12.1 Å². The van der Waals surface area contributed by atoms with E-state index >= 15 is 0 Å². The molecule has 2 N–H and O–H groups in total. The molecule has 0 spiro atoms. The van der Waals surface area contributed by atoms with E-state index in [9.17, 15) is 9.59 Å². The Kier molecular flexibility index (Phi) is 4.46. The molecular formula is C13H15N3O2S. The van der Waals surface area contributed by atoms with Crippen LogP contribution in [-0.2, 0) is 4.79 Å². The summed E-state index contributed by atoms with van der Waals surface area (Å²) in [6, 6.07) is 5.30. The average molecular weight is 277 g/mol. The lowest BCUT2D eigenvalue weighted by atomic mass is 10.2. The molecule has 1 aromatic carbocycles. The summed E-state index contributed by atoms with van der Waals surface area (Å²) in [5.74, 6) is -0.420. The van der Waals surface area contributed by atoms with Gasteiger partial charge in [-0.1, -0.05) is 6.92 Å². The molecule has 0 radical (unpaired) electrons. The first-order valence-electron chi connectivity index (χ1n) is 6.09. The number of amides is 2. The Morgan fingerprint density at radius 1 is 1.32 bits per heavy atom. The van der Waals surface area contributed by atoms with Crippen molar-refractivity contribution in [1.29, 1.82) is 0 Å². The van der Waals surface area contributed by atoms with Crippen LogP contribution in [0, 0.1) is 0 Å². The zero-order chi connectivity index (χ0) is 13.7. The molecular weight excluding hydrogens is 262 g/mol. The number of hydrogen-bond donors (Lipinski definition) is 2. The SMILES string of the molecule is CCCNC(=O)CNC(=O)c1ccc2ncsc2c1. The van der Waals surface area contributed by atoms with Crippen LogP contribution >= 0.6 is 11.3 Å². The second kappa shape index (κ2) is 6.29. The van der Waals surface area contributed by atoms with Gasteiger partial charge in [0.25, 0.3) is 5.91 Å². The fraction of sp³-hybridized carbons (Fsp3) is 0.308. The number of rotatable bonds is 5. The first kappa shape index (κ1) is 13.5. The van der Waals surface area contributed by atoms with Crippen LogP contribution in [0.15, 0.2) is 23.7 Å². The normalized spacial score (nSPS) is 10.4. The molecule has 2 rings (SSSR count). The third-order valence-electron chi connectivity index (χ3n) is 2.58. The number of thiazole rings is 1. The number of benzene rings is 1. The lowest BCUT2D eigenvalue weighted by molar-refractivity contribution is -0.120. The molecule has 1 heterocycles. The van der Waals surface area contributed by atoms with E-state index in [-0.39, 0.29) is 18.4 Å². The second-order valence-corrected chi connectivity index (χ2v) is 4.95. The number of carbonyl (C=O) groups excluding carboxylic acids is 2. The molecule has 0 aliphatic rings. The van der Waals surface area contributed by atoms with Crippen LogP contribution < -0.4 is 10.6 Å². The zero-order valence-electron chi connectivity index (χ0n) is 10.6. The zero-order valence-corrected chi connectivity index (χ0v) is 11.4. The molecule has 0 atom stereocenters. The van der Waals surface area contributed by atoms with Gasteiger partial charge in [-0.2, -0.15) is 0 Å². The summed E-state index contributed by atoms with van der Waals surface area (Å²) in [5, 5.41) is 5.30. The minimum absolute atomic E-state index is 0.000436. The minimum Gasteiger partial charge on any atom is -0.355 e. The quantitative estimate of drug-likeness (QED) is 0.871. The average Bonchev–Trinajstić information content (AvgIpc) is 2.89. The lowest BCUT2D eigenvalue weighted by Gasteiger charge is -2.06. The van der Waals surface area contributed by atoms with Crippen LogP contribution in [0.4, 0.5) is 0 Å². The maximum absolute atomic E-state index is 11.9. The van der Waals surface area contributed by atoms with Crippen molar-refractivity contribution in [2.45, 2.75) is 13.3 Å². The first-order valence-corrected chi connectivity index (χ1v) is 6.97. The van der Waals surface area contributed by atoms with Gasteiger partial charge in [-0.05, 0) is 24.6 Å². The second-order valence-electron chi connectivity index (χ2n) is 4.07. The van der Waals surface area contributed by atoms with Gasteiger partial charge in [0.2, 0.25) is 5.91 Å². The summed E-state index contributed by atoms with van der Waals surface area (Å²) < 4.78 is 0.961. The van der Waals surface area contributed by atoms with E-state index < -0.39 is 0 Å². The van der Waals surface area contributed by atoms with Crippen molar-refractivity contribution in [2.75, 3.05) is 13.1 Å². The first-order chi connectivity index (χ1) is 9.20. The molecule has 0 saturated heterocycles. The smallest absolute Gasteiger partial charge is 0.251 e. The summed E-state index contributed by atoms with van der Waals surface area (Å²) in [7, 11) is 0. The number of nitrogens with zero attached hydrogens (tertiary/aromatic N) is 1. The Morgan fingerprint density at radius 3 is 2.95 bits per heavy atom. The van der Waals surface area contributed by atoms with Gasteiger partial charge >= 0.3 is 0 Å². The molecule has 0 aliphatic heterocycles. The summed E-state index contributed by atoms with van der Waals surface area (Å²) in [5.41, 5.74) is 3.16. The van der Waals surface area contributed by atoms with Gasteiger partial charge in [0.1, 0.15) is 0 Å². The predicted molar refractivity (Wildman–Crippen MR) is 75.3 cm³/mol. The van der Waals surface area contributed by atoms with E-state index in [4.69, 9.17) is 0 Å². The standard InChI is InChI=1S/C13H15N3O2S/c1-2-5-14-12(17)7-15-13(18)9-3-4-10-11(6-9)19-8-16-10/h3-4,6,8H,2,5,7H2,1H3,(H,14,17)(H,15,18). The van der Waals surface area contributed by atoms with Gasteiger partial charge in [-0.15, -0.1) is 11.3 Å². The molecule has 2 aromatic rings. The fourth-order valence-electron chi connectivity index (χ4n) is 1.59. The van der Waals surface area contributed by atoms with Crippen LogP contribution in [0.3, 0.4) is 0 Å². The van der Waals surface area contributed by atoms with Crippen molar-refractivity contribution in [3.63, 3.8) is 0 Å². The molecule has 0 unspecified atom stereocenters. The van der Waals surface area contributed by atoms with E-state index in [2.05, 4.69) is 15.6 Å². The molecule has 2 amide bonds. The maximum Gasteiger partial charge on any atom is 0.251 e. The molecule has 0 saturated carbocycles. The highest BCUT2D eigenvalue weighted by atomic mass is 32.1. The monoisotopic (exact) mass is 277 g/mol. The molecule has 1 aromatic heterocycles. The molecule has 6 heteroatoms. The Balaban J connectivity index is 1.94. The number of aromatic nitrogens is 1. The molecule has 0 aliphatic carbocycles. The lowest BCUT2D eigenvalue weighted by Crippen LogP contribution is -2.37. The molecule has 100 valence electrons. The number of hydrogen-bond acceptors (Lipinski definition) is 4. The summed E-state index contributed by atoms with van der Waals surface area (Å²) >= 11 is 1.48. The third-order valence-corrected chi connectivity index (χ3v) is 3.37. The molecule has 19 heavy (non-hydrogen) atoms. The minimum atomic E-state index is -0.248. The Labute approximate surface area is 115 Å². The topological polar surface area (TPSA) is 71.1 Å². The molecule has 0 bridgehead atoms. The third kappa shape index (κ3) is 3.51. The van der Waals surface area contributed by atoms with E-state index in [0.29, 0.717) is 12.1 Å². The van der Waals surface area contributed by atoms with Crippen molar-refractivity contribution >= 4 is 33.4 Å². The highest BCUT2D eigenvalue weighted by Gasteiger charge is 2.09. The number of carbonyl (C=O) groups is 2. The van der Waals surface area contributed by atoms with Crippen LogP contribution in [0.2, 0.25) is 0 Å². The van der Waals surface area contributed by atoms with E-state index in [1.165, 1.54) is 11.3 Å². The van der Waals surface area contributed by atoms with E-state index in [1.54, 1.807) is 23.7 Å². The Hall–Kier alpha value is -1.95. The fourth-order valence-corrected chi connectivity index (χ4v) is 2.30. The highest BCUT2D eigenvalue weighted by molar-refractivity contribution is 7.16. The van der Waals surface area contributed by atoms with Gasteiger partial charge < -0.3 is 10.6 Å². The number of nitrogens with one attached hydrogen (secondary N) is 2. The molecule has 0 fully saturated rings. The van der Waals surface area contributed by atoms with Crippen LogP contribution in [0.5, 0.6) is 0 Å². The van der Waals surface area contributed by atoms with E-state index in [1.807, 2.05) is 6.92 Å². The van der Waals surface area contributed by atoms with Crippen LogP contribution in [0.25, 0.3) is 10.2 Å². The highest BCUT2D eigenvalue weighted by Crippen LogP contribution is 2.18. The van der Waals surface area contributed by atoms with Crippen molar-refractivity contribution in [3.05, 3.63) is 29.3 Å². The van der Waals surface area contributed by atoms with Crippen LogP contribution in [0.1, 0.15) is 23.7 Å². The van der Waals surface area contributed by atoms with E-state index in [0.717, 1.165) is 16.6 Å². The van der Waals surface area contributed by atoms with Gasteiger partial charge in [0.15, 0.2) is 0 Å². The van der Waals surface area contributed by atoms with Gasteiger partial charge in [-0.25, -0.2) is 4.98 Å². The summed E-state index contributed by atoms with van der Waals surface area (Å²) in [6.45, 7) is 2.60. The van der Waals surface area contributed by atoms with Crippen molar-refractivity contribution in [2.24, 2.45) is 0 Å². The molecule has 5 nitrogen and oxygen atoms in total. The Bertz CT molecular complexity index is 594. The van der Waals surface area contributed by atoms with Gasteiger partial charge in [-0.3, -0.25) is 9.59 Å². The largest absolute Gasteiger partial charge is 0.355 e. The number of fused-ring (bicyclic) bond motifs is 1. The maximum atomic E-state index is 11.9. The Morgan fingerprint density at radius 2 is 2.16 bits per heavy atom. The van der Waals surface area contributed by atoms with Gasteiger partial charge in [0.05, 0.1) is 22.3 Å². The van der Waals surface area contributed by atoms with Crippen molar-refractivity contribution < 1.29 is 9.59 Å².